The van der Waals surface area contributed by atoms with Crippen LogP contribution in [0.4, 0.5) is 0 Å². The van der Waals surface area contributed by atoms with Gasteiger partial charge in [-0.15, -0.1) is 0 Å². The Morgan fingerprint density at radius 3 is 2.85 bits per heavy atom. The van der Waals surface area contributed by atoms with Gasteiger partial charge in [-0.25, -0.2) is 13.2 Å². The monoisotopic (exact) mass is 300 g/mol. The smallest absolute Gasteiger partial charge is 0.328 e. The Hall–Kier alpha value is -1.97. The van der Waals surface area contributed by atoms with E-state index in [1.165, 1.54) is 13.1 Å². The molecule has 2 saturated heterocycles. The molecule has 3 rings (SSSR count). The third kappa shape index (κ3) is 1.39. The normalized spacial score (nSPS) is 34.6. The molecule has 9 nitrogen and oxygen atoms in total. The lowest BCUT2D eigenvalue weighted by Crippen LogP contribution is -2.57. The molecule has 2 aliphatic heterocycles. The maximum Gasteiger partial charge on any atom is 0.328 e. The van der Waals surface area contributed by atoms with Gasteiger partial charge in [0, 0.05) is 6.42 Å². The summed E-state index contributed by atoms with van der Waals surface area (Å²) >= 11 is 0. The molecule has 2 unspecified atom stereocenters. The zero-order valence-corrected chi connectivity index (χ0v) is 11.3. The molecule has 2 fully saturated rings. The van der Waals surface area contributed by atoms with Crippen molar-refractivity contribution in [3.8, 4) is 0 Å². The molecule has 3 heterocycles. The first-order chi connectivity index (χ1) is 9.29. The zero-order valence-electron chi connectivity index (χ0n) is 10.5. The van der Waals surface area contributed by atoms with Gasteiger partial charge in [-0.3, -0.25) is 4.79 Å². The predicted molar refractivity (Wildman–Crippen MR) is 64.1 cm³/mol. The summed E-state index contributed by atoms with van der Waals surface area (Å²) in [6.07, 6.45) is 1.08. The Kier molecular flexibility index (Phi) is 2.46. The second-order valence-electron chi connectivity index (χ2n) is 5.20. The molecule has 108 valence electrons. The number of aromatic amines is 1. The van der Waals surface area contributed by atoms with Crippen LogP contribution >= 0.6 is 0 Å². The summed E-state index contributed by atoms with van der Waals surface area (Å²) in [4.78, 5) is 24.0. The summed E-state index contributed by atoms with van der Waals surface area (Å²) in [5.74, 6) is -1.77. The fourth-order valence-corrected chi connectivity index (χ4v) is 5.38. The largest absolute Gasteiger partial charge is 0.480 e. The number of carbonyl (C=O) groups is 2. The number of hydrogen-bond acceptors (Lipinski definition) is 6. The second kappa shape index (κ2) is 3.78. The van der Waals surface area contributed by atoms with E-state index in [1.54, 1.807) is 0 Å². The van der Waals surface area contributed by atoms with Gasteiger partial charge < -0.3 is 10.0 Å². The quantitative estimate of drug-likeness (QED) is 0.652. The highest BCUT2D eigenvalue weighted by molar-refractivity contribution is 7.93. The van der Waals surface area contributed by atoms with Gasteiger partial charge in [0.25, 0.3) is 0 Å². The standard InChI is InChI=1S/C10H12N4O5S/c1-10(3-5-4-11-13-12-5)8(9(16)17)14-6(15)2-7(14)20(10,18)19/h4,7-8H,2-3H2,1H3,(H,16,17)(H,11,12,13)/t7-,8?,10?/m1/s1. The molecular formula is C10H12N4O5S. The average molecular weight is 300 g/mol. The SMILES string of the molecule is CC1(Cc2cn[nH]n2)C(C(=O)O)N2C(=O)C[C@H]2S1(=O)=O. The van der Waals surface area contributed by atoms with Crippen molar-refractivity contribution in [2.75, 3.05) is 0 Å². The number of aromatic nitrogens is 3. The number of nitrogens with zero attached hydrogens (tertiary/aromatic N) is 3. The van der Waals surface area contributed by atoms with Crippen LogP contribution < -0.4 is 0 Å². The molecule has 0 aromatic carbocycles. The van der Waals surface area contributed by atoms with Gasteiger partial charge in [0.1, 0.15) is 10.1 Å². The van der Waals surface area contributed by atoms with E-state index in [4.69, 9.17) is 0 Å². The van der Waals surface area contributed by atoms with E-state index < -0.39 is 37.9 Å². The van der Waals surface area contributed by atoms with Crippen molar-refractivity contribution in [1.82, 2.24) is 20.3 Å². The Morgan fingerprint density at radius 2 is 2.35 bits per heavy atom. The Morgan fingerprint density at radius 1 is 1.65 bits per heavy atom. The maximum absolute atomic E-state index is 12.5. The minimum Gasteiger partial charge on any atom is -0.480 e. The van der Waals surface area contributed by atoms with Gasteiger partial charge in [0.2, 0.25) is 5.91 Å². The van der Waals surface area contributed by atoms with Crippen LogP contribution in [0.3, 0.4) is 0 Å². The molecule has 2 aliphatic rings. The summed E-state index contributed by atoms with van der Waals surface area (Å²) in [6.45, 7) is 1.35. The van der Waals surface area contributed by atoms with E-state index >= 15 is 0 Å². The number of carboxylic acid groups (broad SMARTS) is 1. The highest BCUT2D eigenvalue weighted by Crippen LogP contribution is 2.47. The van der Waals surface area contributed by atoms with E-state index in [9.17, 15) is 23.1 Å². The lowest BCUT2D eigenvalue weighted by atomic mass is 9.92. The molecule has 2 N–H and O–H groups in total. The van der Waals surface area contributed by atoms with Crippen molar-refractivity contribution in [2.24, 2.45) is 0 Å². The molecule has 0 saturated carbocycles. The molecule has 0 radical (unpaired) electrons. The highest BCUT2D eigenvalue weighted by Gasteiger charge is 2.69. The number of hydrogen-bond donors (Lipinski definition) is 2. The number of β-lactam (4-membered cyclic amide) rings is 1. The number of fused-ring (bicyclic) bond motifs is 1. The second-order valence-corrected chi connectivity index (χ2v) is 7.76. The van der Waals surface area contributed by atoms with Crippen LogP contribution in [-0.4, -0.2) is 61.9 Å². The van der Waals surface area contributed by atoms with Crippen LogP contribution in [0.1, 0.15) is 19.0 Å². The van der Waals surface area contributed by atoms with Gasteiger partial charge in [0.15, 0.2) is 15.9 Å². The first kappa shape index (κ1) is 13.0. The topological polar surface area (TPSA) is 133 Å². The summed E-state index contributed by atoms with van der Waals surface area (Å²) in [5, 5.41) is 18.0. The van der Waals surface area contributed by atoms with Crippen molar-refractivity contribution in [3.63, 3.8) is 0 Å². The molecule has 0 bridgehead atoms. The van der Waals surface area contributed by atoms with Crippen LogP contribution in [0, 0.1) is 0 Å². The van der Waals surface area contributed by atoms with Gasteiger partial charge >= 0.3 is 5.97 Å². The zero-order chi connectivity index (χ0) is 14.7. The van der Waals surface area contributed by atoms with Gasteiger partial charge in [-0.1, -0.05) is 0 Å². The fourth-order valence-electron chi connectivity index (χ4n) is 2.98. The van der Waals surface area contributed by atoms with E-state index in [1.807, 2.05) is 0 Å². The molecule has 1 aromatic rings. The molecular weight excluding hydrogens is 288 g/mol. The van der Waals surface area contributed by atoms with E-state index in [0.29, 0.717) is 5.69 Å². The molecule has 3 atom stereocenters. The van der Waals surface area contributed by atoms with Crippen molar-refractivity contribution in [2.45, 2.75) is 35.9 Å². The minimum atomic E-state index is -3.79. The van der Waals surface area contributed by atoms with Crippen LogP contribution in [0.2, 0.25) is 0 Å². The molecule has 20 heavy (non-hydrogen) atoms. The summed E-state index contributed by atoms with van der Waals surface area (Å²) in [5.41, 5.74) is 0.345. The number of amides is 1. The predicted octanol–water partition coefficient (Wildman–Crippen LogP) is -1.45. The first-order valence-electron chi connectivity index (χ1n) is 5.91. The Labute approximate surface area is 113 Å². The third-order valence-corrected chi connectivity index (χ3v) is 6.82. The van der Waals surface area contributed by atoms with Crippen molar-refractivity contribution < 1.29 is 23.1 Å². The molecule has 0 spiro atoms. The van der Waals surface area contributed by atoms with E-state index in [0.717, 1.165) is 4.90 Å². The number of aliphatic carboxylic acids is 1. The van der Waals surface area contributed by atoms with Crippen LogP contribution in [0.15, 0.2) is 6.20 Å². The maximum atomic E-state index is 12.5. The number of carbonyl (C=O) groups excluding carboxylic acids is 1. The number of nitrogens with one attached hydrogen (secondary N) is 1. The molecule has 1 aromatic heterocycles. The fraction of sp³-hybridized carbons (Fsp3) is 0.600. The summed E-state index contributed by atoms with van der Waals surface area (Å²) < 4.78 is 23.5. The lowest BCUT2D eigenvalue weighted by molar-refractivity contribution is -0.157. The third-order valence-electron chi connectivity index (χ3n) is 4.04. The van der Waals surface area contributed by atoms with Crippen LogP contribution in [-0.2, 0) is 25.8 Å². The summed E-state index contributed by atoms with van der Waals surface area (Å²) in [7, 11) is -3.79. The van der Waals surface area contributed by atoms with Crippen molar-refractivity contribution >= 4 is 21.7 Å². The Balaban J connectivity index is 2.10. The first-order valence-corrected chi connectivity index (χ1v) is 7.46. The Bertz CT molecular complexity index is 685. The number of carboxylic acids is 1. The van der Waals surface area contributed by atoms with Crippen molar-refractivity contribution in [3.05, 3.63) is 11.9 Å². The highest BCUT2D eigenvalue weighted by atomic mass is 32.2. The van der Waals surface area contributed by atoms with Gasteiger partial charge in [-0.05, 0) is 6.92 Å². The average Bonchev–Trinajstić information content (AvgIpc) is 2.87. The number of sulfone groups is 1. The van der Waals surface area contributed by atoms with Gasteiger partial charge in [0.05, 0.1) is 18.3 Å². The number of rotatable bonds is 3. The minimum absolute atomic E-state index is 0.108. The van der Waals surface area contributed by atoms with E-state index in [-0.39, 0.29) is 12.8 Å². The van der Waals surface area contributed by atoms with Crippen LogP contribution in [0.5, 0.6) is 0 Å². The van der Waals surface area contributed by atoms with Crippen LogP contribution in [0.25, 0.3) is 0 Å². The number of H-pyrrole nitrogens is 1. The molecule has 10 heteroatoms. The molecule has 1 amide bonds. The molecule has 0 aliphatic carbocycles. The lowest BCUT2D eigenvalue weighted by Gasteiger charge is -2.35. The van der Waals surface area contributed by atoms with Gasteiger partial charge in [-0.2, -0.15) is 15.4 Å². The van der Waals surface area contributed by atoms with E-state index in [2.05, 4.69) is 15.4 Å². The summed E-state index contributed by atoms with van der Waals surface area (Å²) in [6, 6.07) is -1.39. The van der Waals surface area contributed by atoms with Crippen molar-refractivity contribution in [1.29, 1.82) is 0 Å².